The van der Waals surface area contributed by atoms with E-state index in [0.29, 0.717) is 41.4 Å². The van der Waals surface area contributed by atoms with E-state index >= 15 is 0 Å². The van der Waals surface area contributed by atoms with Crippen molar-refractivity contribution in [1.82, 2.24) is 4.90 Å². The quantitative estimate of drug-likeness (QED) is 0.479. The summed E-state index contributed by atoms with van der Waals surface area (Å²) >= 11 is 0. The minimum absolute atomic E-state index is 0.316. The zero-order valence-corrected chi connectivity index (χ0v) is 19.5. The number of carbonyl (C=O) groups is 2. The molecule has 0 bridgehead atoms. The Morgan fingerprint density at radius 3 is 2.12 bits per heavy atom. The summed E-state index contributed by atoms with van der Waals surface area (Å²) in [5, 5.41) is 0. The second-order valence-electron chi connectivity index (χ2n) is 8.22. The lowest BCUT2D eigenvalue weighted by molar-refractivity contribution is -0.120. The van der Waals surface area contributed by atoms with Crippen LogP contribution in [-0.2, 0) is 16.1 Å². The number of para-hydroxylation sites is 1. The van der Waals surface area contributed by atoms with Gasteiger partial charge in [0.2, 0.25) is 0 Å². The van der Waals surface area contributed by atoms with Crippen molar-refractivity contribution in [2.45, 2.75) is 27.3 Å². The summed E-state index contributed by atoms with van der Waals surface area (Å²) < 4.78 is 5.57. The average molecular weight is 441 g/mol. The monoisotopic (exact) mass is 440 g/mol. The molecule has 1 heterocycles. The number of benzene rings is 3. The molecule has 0 saturated carbocycles. The van der Waals surface area contributed by atoms with E-state index in [-0.39, 0.29) is 11.8 Å². The molecular formula is C28H28N2O3. The van der Waals surface area contributed by atoms with Crippen LogP contribution < -0.4 is 9.64 Å². The minimum atomic E-state index is -0.337. The van der Waals surface area contributed by atoms with Crippen LogP contribution in [0.5, 0.6) is 5.75 Å². The summed E-state index contributed by atoms with van der Waals surface area (Å²) in [6.07, 6.45) is 0. The lowest BCUT2D eigenvalue weighted by Crippen LogP contribution is -2.35. The number of hydrogen-bond donors (Lipinski definition) is 0. The van der Waals surface area contributed by atoms with Crippen molar-refractivity contribution < 1.29 is 14.3 Å². The van der Waals surface area contributed by atoms with Gasteiger partial charge in [0.15, 0.2) is 0 Å². The Hall–Kier alpha value is -3.86. The number of likely N-dealkylation sites (N-methyl/N-ethyl adjacent to an activating group) is 1. The second kappa shape index (κ2) is 9.33. The molecule has 0 spiro atoms. The molecular weight excluding hydrogens is 412 g/mol. The molecule has 0 N–H and O–H groups in total. The van der Waals surface area contributed by atoms with E-state index in [0.717, 1.165) is 16.7 Å². The van der Waals surface area contributed by atoms with Crippen LogP contribution in [-0.4, -0.2) is 30.4 Å². The maximum Gasteiger partial charge on any atom is 0.282 e. The summed E-state index contributed by atoms with van der Waals surface area (Å²) in [4.78, 5) is 31.0. The highest BCUT2D eigenvalue weighted by atomic mass is 16.5. The van der Waals surface area contributed by atoms with E-state index in [4.69, 9.17) is 4.74 Å². The summed E-state index contributed by atoms with van der Waals surface area (Å²) in [7, 11) is 1.57. The number of methoxy groups -OCH3 is 1. The maximum atomic E-state index is 13.9. The van der Waals surface area contributed by atoms with Gasteiger partial charge in [0.05, 0.1) is 18.4 Å². The number of hydrogen-bond acceptors (Lipinski definition) is 4. The summed E-state index contributed by atoms with van der Waals surface area (Å²) in [5.41, 5.74) is 5.03. The van der Waals surface area contributed by atoms with Crippen LogP contribution >= 0.6 is 0 Å². The first-order chi connectivity index (χ1) is 15.9. The predicted octanol–water partition coefficient (Wildman–Crippen LogP) is 5.12. The van der Waals surface area contributed by atoms with Gasteiger partial charge in [-0.25, -0.2) is 4.90 Å². The summed E-state index contributed by atoms with van der Waals surface area (Å²) in [6.45, 7) is 7.01. The number of rotatable bonds is 7. The van der Waals surface area contributed by atoms with Gasteiger partial charge in [0.25, 0.3) is 11.8 Å². The van der Waals surface area contributed by atoms with E-state index in [1.165, 1.54) is 4.90 Å². The van der Waals surface area contributed by atoms with Crippen LogP contribution in [0.15, 0.2) is 78.5 Å². The Bertz CT molecular complexity index is 1210. The molecule has 0 fully saturated rings. The largest absolute Gasteiger partial charge is 0.496 e. The van der Waals surface area contributed by atoms with E-state index in [2.05, 4.69) is 0 Å². The first kappa shape index (κ1) is 22.3. The second-order valence-corrected chi connectivity index (χ2v) is 8.22. The molecule has 5 heteroatoms. The van der Waals surface area contributed by atoms with E-state index < -0.39 is 0 Å². The molecule has 168 valence electrons. The third-order valence-corrected chi connectivity index (χ3v) is 5.81. The molecule has 0 unspecified atom stereocenters. The molecule has 0 saturated heterocycles. The van der Waals surface area contributed by atoms with Gasteiger partial charge in [-0.2, -0.15) is 0 Å². The molecule has 2 amide bonds. The van der Waals surface area contributed by atoms with Gasteiger partial charge in [-0.3, -0.25) is 9.59 Å². The molecule has 1 aliphatic rings. The van der Waals surface area contributed by atoms with Crippen LogP contribution in [0.25, 0.3) is 5.57 Å². The van der Waals surface area contributed by atoms with Gasteiger partial charge in [-0.15, -0.1) is 0 Å². The normalized spacial score (nSPS) is 13.6. The van der Waals surface area contributed by atoms with E-state index in [9.17, 15) is 9.59 Å². The van der Waals surface area contributed by atoms with Gasteiger partial charge in [0.1, 0.15) is 11.4 Å². The molecule has 0 aliphatic carbocycles. The van der Waals surface area contributed by atoms with Gasteiger partial charge in [-0.1, -0.05) is 54.6 Å². The fourth-order valence-corrected chi connectivity index (χ4v) is 4.37. The van der Waals surface area contributed by atoms with Crippen molar-refractivity contribution in [2.24, 2.45) is 0 Å². The van der Waals surface area contributed by atoms with Crippen molar-refractivity contribution >= 4 is 23.1 Å². The van der Waals surface area contributed by atoms with E-state index in [1.54, 1.807) is 7.11 Å². The molecule has 1 aliphatic heterocycles. The number of aryl methyl sites for hydroxylation is 2. The zero-order chi connectivity index (χ0) is 23.5. The SMILES string of the molecule is CCN(Cc1ccccc1)C1=C(c2ccccc2OC)C(=O)N(c2cc(C)cc(C)c2)C1=O. The lowest BCUT2D eigenvalue weighted by atomic mass is 10.0. The van der Waals surface area contributed by atoms with E-state index in [1.807, 2.05) is 98.5 Å². The fraction of sp³-hybridized carbons (Fsp3) is 0.214. The third-order valence-electron chi connectivity index (χ3n) is 5.81. The zero-order valence-electron chi connectivity index (χ0n) is 19.5. The Kier molecular flexibility index (Phi) is 6.31. The Balaban J connectivity index is 1.89. The predicted molar refractivity (Wildman–Crippen MR) is 131 cm³/mol. The number of ether oxygens (including phenoxy) is 1. The standard InChI is InChI=1S/C28H28N2O3/c1-5-29(18-21-11-7-6-8-12-21)26-25(23-13-9-10-14-24(23)33-4)27(31)30(28(26)32)22-16-19(2)15-20(3)17-22/h6-17H,5,18H2,1-4H3. The van der Waals surface area contributed by atoms with Gasteiger partial charge < -0.3 is 9.64 Å². The van der Waals surface area contributed by atoms with Crippen molar-refractivity contribution in [2.75, 3.05) is 18.6 Å². The highest BCUT2D eigenvalue weighted by Gasteiger charge is 2.43. The first-order valence-electron chi connectivity index (χ1n) is 11.1. The highest BCUT2D eigenvalue weighted by molar-refractivity contribution is 6.45. The molecule has 3 aromatic carbocycles. The maximum absolute atomic E-state index is 13.9. The Morgan fingerprint density at radius 1 is 0.848 bits per heavy atom. The molecule has 4 rings (SSSR count). The van der Waals surface area contributed by atoms with Crippen LogP contribution in [0.2, 0.25) is 0 Å². The Morgan fingerprint density at radius 2 is 1.48 bits per heavy atom. The first-order valence-corrected chi connectivity index (χ1v) is 11.1. The number of carbonyl (C=O) groups excluding carboxylic acids is 2. The average Bonchev–Trinajstić information content (AvgIpc) is 3.07. The number of amides is 2. The smallest absolute Gasteiger partial charge is 0.282 e. The molecule has 5 nitrogen and oxygen atoms in total. The number of imide groups is 1. The van der Waals surface area contributed by atoms with Crippen LogP contribution in [0.3, 0.4) is 0 Å². The van der Waals surface area contributed by atoms with Crippen LogP contribution in [0.1, 0.15) is 29.2 Å². The molecule has 0 radical (unpaired) electrons. The molecule has 33 heavy (non-hydrogen) atoms. The molecule has 0 atom stereocenters. The topological polar surface area (TPSA) is 49.9 Å². The number of nitrogens with zero attached hydrogens (tertiary/aromatic N) is 2. The summed E-state index contributed by atoms with van der Waals surface area (Å²) in [6, 6.07) is 23.1. The van der Waals surface area contributed by atoms with Crippen LogP contribution in [0.4, 0.5) is 5.69 Å². The van der Waals surface area contributed by atoms with Crippen molar-refractivity contribution in [3.8, 4) is 5.75 Å². The van der Waals surface area contributed by atoms with Crippen molar-refractivity contribution in [1.29, 1.82) is 0 Å². The van der Waals surface area contributed by atoms with Gasteiger partial charge in [-0.05, 0) is 55.7 Å². The fourth-order valence-electron chi connectivity index (χ4n) is 4.37. The van der Waals surface area contributed by atoms with Crippen molar-refractivity contribution in [3.05, 3.63) is 101 Å². The number of anilines is 1. The van der Waals surface area contributed by atoms with Crippen LogP contribution in [0, 0.1) is 13.8 Å². The van der Waals surface area contributed by atoms with Gasteiger partial charge in [0, 0.05) is 18.7 Å². The van der Waals surface area contributed by atoms with Gasteiger partial charge >= 0.3 is 0 Å². The molecule has 0 aromatic heterocycles. The molecule has 3 aromatic rings. The van der Waals surface area contributed by atoms with Crippen molar-refractivity contribution in [3.63, 3.8) is 0 Å². The minimum Gasteiger partial charge on any atom is -0.496 e. The lowest BCUT2D eigenvalue weighted by Gasteiger charge is -2.25. The third kappa shape index (κ3) is 4.27. The highest BCUT2D eigenvalue weighted by Crippen LogP contribution is 2.39. The summed E-state index contributed by atoms with van der Waals surface area (Å²) in [5.74, 6) is -0.0936. The Labute approximate surface area is 194 Å².